The molecule has 0 atom stereocenters. The van der Waals surface area contributed by atoms with E-state index in [1.54, 1.807) is 30.5 Å². The maximum absolute atomic E-state index is 11.9. The van der Waals surface area contributed by atoms with Crippen LogP contribution in [0.1, 0.15) is 5.69 Å². The number of nitrogens with zero attached hydrogens (tertiary/aromatic N) is 3. The lowest BCUT2D eigenvalue weighted by molar-refractivity contribution is -0.123. The van der Waals surface area contributed by atoms with E-state index >= 15 is 0 Å². The third-order valence-electron chi connectivity index (χ3n) is 3.98. The monoisotopic (exact) mass is 396 g/mol. The van der Waals surface area contributed by atoms with Gasteiger partial charge in [0.25, 0.3) is 5.91 Å². The van der Waals surface area contributed by atoms with Gasteiger partial charge in [-0.15, -0.1) is 0 Å². The normalized spacial score (nSPS) is 10.8. The van der Waals surface area contributed by atoms with Crippen LogP contribution in [0, 0.1) is 0 Å². The van der Waals surface area contributed by atoms with Gasteiger partial charge in [-0.3, -0.25) is 4.79 Å². The van der Waals surface area contributed by atoms with Crippen molar-refractivity contribution in [3.63, 3.8) is 0 Å². The van der Waals surface area contributed by atoms with Gasteiger partial charge in [-0.2, -0.15) is 5.10 Å². The second kappa shape index (κ2) is 9.10. The van der Waals surface area contributed by atoms with Crippen molar-refractivity contribution in [3.8, 4) is 11.4 Å². The SMILES string of the molecule is CN(C)c1ccc(-n2cccc2/C=N/NC(=O)COc2cccc(Cl)c2)cc1. The van der Waals surface area contributed by atoms with Crippen molar-refractivity contribution >= 4 is 29.4 Å². The number of hydrogen-bond donors (Lipinski definition) is 1. The molecule has 0 aliphatic carbocycles. The standard InChI is InChI=1S/C21H21ClN4O2/c1-25(2)17-8-10-18(11-9-17)26-12-4-6-19(26)14-23-24-21(27)15-28-20-7-3-5-16(22)13-20/h3-14H,15H2,1-2H3,(H,24,27)/b23-14+. The lowest BCUT2D eigenvalue weighted by atomic mass is 10.2. The predicted molar refractivity (Wildman–Crippen MR) is 113 cm³/mol. The zero-order valence-corrected chi connectivity index (χ0v) is 16.4. The fourth-order valence-electron chi connectivity index (χ4n) is 2.55. The van der Waals surface area contributed by atoms with Crippen LogP contribution in [-0.2, 0) is 4.79 Å². The van der Waals surface area contributed by atoms with E-state index in [2.05, 4.69) is 10.5 Å². The van der Waals surface area contributed by atoms with Crippen LogP contribution in [0.2, 0.25) is 5.02 Å². The molecule has 3 rings (SSSR count). The topological polar surface area (TPSA) is 58.9 Å². The Morgan fingerprint density at radius 1 is 1.18 bits per heavy atom. The molecular weight excluding hydrogens is 376 g/mol. The first-order valence-corrected chi connectivity index (χ1v) is 9.06. The van der Waals surface area contributed by atoms with E-state index < -0.39 is 0 Å². The minimum atomic E-state index is -0.357. The number of nitrogens with one attached hydrogen (secondary N) is 1. The zero-order chi connectivity index (χ0) is 19.9. The molecule has 1 amide bonds. The van der Waals surface area contributed by atoms with Gasteiger partial charge in [0, 0.05) is 36.7 Å². The van der Waals surface area contributed by atoms with Crippen LogP contribution in [0.15, 0.2) is 72.0 Å². The van der Waals surface area contributed by atoms with Crippen LogP contribution in [0.25, 0.3) is 5.69 Å². The molecule has 0 aliphatic rings. The highest BCUT2D eigenvalue weighted by Crippen LogP contribution is 2.18. The van der Waals surface area contributed by atoms with Crippen molar-refractivity contribution in [2.45, 2.75) is 0 Å². The molecule has 3 aromatic rings. The van der Waals surface area contributed by atoms with Crippen LogP contribution < -0.4 is 15.1 Å². The summed E-state index contributed by atoms with van der Waals surface area (Å²) in [5.74, 6) is 0.173. The Morgan fingerprint density at radius 3 is 2.68 bits per heavy atom. The molecule has 7 heteroatoms. The number of benzene rings is 2. The number of aromatic nitrogens is 1. The number of hydrogen-bond acceptors (Lipinski definition) is 4. The van der Waals surface area contributed by atoms with Gasteiger partial charge < -0.3 is 14.2 Å². The van der Waals surface area contributed by atoms with E-state index in [-0.39, 0.29) is 12.5 Å². The Morgan fingerprint density at radius 2 is 1.96 bits per heavy atom. The second-order valence-corrected chi connectivity index (χ2v) is 6.69. The minimum Gasteiger partial charge on any atom is -0.484 e. The number of anilines is 1. The average molecular weight is 397 g/mol. The van der Waals surface area contributed by atoms with Gasteiger partial charge >= 0.3 is 0 Å². The Bertz CT molecular complexity index is 965. The van der Waals surface area contributed by atoms with E-state index in [0.717, 1.165) is 17.1 Å². The molecule has 0 bridgehead atoms. The Hall–Kier alpha value is -3.25. The number of amides is 1. The van der Waals surface area contributed by atoms with Gasteiger partial charge in [0.15, 0.2) is 6.61 Å². The van der Waals surface area contributed by atoms with Crippen LogP contribution >= 0.6 is 11.6 Å². The molecule has 0 fully saturated rings. The van der Waals surface area contributed by atoms with Crippen molar-refractivity contribution in [1.29, 1.82) is 0 Å². The summed E-state index contributed by atoms with van der Waals surface area (Å²) in [7, 11) is 4.00. The third-order valence-corrected chi connectivity index (χ3v) is 4.21. The van der Waals surface area contributed by atoms with Gasteiger partial charge in [0.2, 0.25) is 0 Å². The number of hydrazone groups is 1. The van der Waals surface area contributed by atoms with Crippen molar-refractivity contribution in [2.24, 2.45) is 5.10 Å². The first-order valence-electron chi connectivity index (χ1n) is 8.68. The molecule has 0 spiro atoms. The summed E-state index contributed by atoms with van der Waals surface area (Å²) in [4.78, 5) is 13.9. The molecule has 1 N–H and O–H groups in total. The summed E-state index contributed by atoms with van der Waals surface area (Å²) in [5.41, 5.74) is 5.43. The molecule has 0 unspecified atom stereocenters. The largest absolute Gasteiger partial charge is 0.484 e. The predicted octanol–water partition coefficient (Wildman–Crippen LogP) is 3.73. The van der Waals surface area contributed by atoms with Gasteiger partial charge in [0.05, 0.1) is 11.9 Å². The van der Waals surface area contributed by atoms with E-state index in [0.29, 0.717) is 10.8 Å². The minimum absolute atomic E-state index is 0.148. The van der Waals surface area contributed by atoms with Crippen LogP contribution in [0.4, 0.5) is 5.69 Å². The molecule has 1 heterocycles. The highest BCUT2D eigenvalue weighted by molar-refractivity contribution is 6.30. The molecule has 6 nitrogen and oxygen atoms in total. The Kier molecular flexibility index (Phi) is 6.34. The van der Waals surface area contributed by atoms with E-state index in [1.165, 1.54) is 0 Å². The van der Waals surface area contributed by atoms with Crippen LogP contribution in [-0.4, -0.2) is 37.4 Å². The molecule has 28 heavy (non-hydrogen) atoms. The Labute approximate surface area is 169 Å². The molecule has 1 aromatic heterocycles. The highest BCUT2D eigenvalue weighted by Gasteiger charge is 2.04. The van der Waals surface area contributed by atoms with Crippen molar-refractivity contribution < 1.29 is 9.53 Å². The fraction of sp³-hybridized carbons (Fsp3) is 0.143. The quantitative estimate of drug-likeness (QED) is 0.489. The van der Waals surface area contributed by atoms with Crippen molar-refractivity contribution in [1.82, 2.24) is 9.99 Å². The lowest BCUT2D eigenvalue weighted by Crippen LogP contribution is -2.24. The molecule has 0 saturated carbocycles. The smallest absolute Gasteiger partial charge is 0.277 e. The number of halogens is 1. The molecule has 2 aromatic carbocycles. The second-order valence-electron chi connectivity index (χ2n) is 6.25. The summed E-state index contributed by atoms with van der Waals surface area (Å²) < 4.78 is 7.36. The summed E-state index contributed by atoms with van der Waals surface area (Å²) in [6.45, 7) is -0.148. The molecular formula is C21H21ClN4O2. The van der Waals surface area contributed by atoms with Gasteiger partial charge in [0.1, 0.15) is 5.75 Å². The summed E-state index contributed by atoms with van der Waals surface area (Å²) in [5, 5.41) is 4.57. The third kappa shape index (κ3) is 5.14. The molecule has 0 radical (unpaired) electrons. The number of carbonyl (C=O) groups is 1. The number of ether oxygens (including phenoxy) is 1. The number of carbonyl (C=O) groups excluding carboxylic acids is 1. The summed E-state index contributed by atoms with van der Waals surface area (Å²) in [6, 6.07) is 18.9. The maximum Gasteiger partial charge on any atom is 0.277 e. The highest BCUT2D eigenvalue weighted by atomic mass is 35.5. The fourth-order valence-corrected chi connectivity index (χ4v) is 2.73. The van der Waals surface area contributed by atoms with Gasteiger partial charge in [-0.25, -0.2) is 5.43 Å². The summed E-state index contributed by atoms with van der Waals surface area (Å²) >= 11 is 5.88. The van der Waals surface area contributed by atoms with E-state index in [4.69, 9.17) is 16.3 Å². The first kappa shape index (κ1) is 19.5. The van der Waals surface area contributed by atoms with Crippen molar-refractivity contribution in [3.05, 3.63) is 77.6 Å². The summed E-state index contributed by atoms with van der Waals surface area (Å²) in [6.07, 6.45) is 3.53. The van der Waals surface area contributed by atoms with Crippen LogP contribution in [0.5, 0.6) is 5.75 Å². The van der Waals surface area contributed by atoms with Crippen molar-refractivity contribution in [2.75, 3.05) is 25.6 Å². The number of rotatable bonds is 7. The van der Waals surface area contributed by atoms with E-state index in [1.807, 2.05) is 66.2 Å². The van der Waals surface area contributed by atoms with E-state index in [9.17, 15) is 4.79 Å². The average Bonchev–Trinajstić information content (AvgIpc) is 3.15. The maximum atomic E-state index is 11.9. The molecule has 0 saturated heterocycles. The van der Waals surface area contributed by atoms with Crippen LogP contribution in [0.3, 0.4) is 0 Å². The van der Waals surface area contributed by atoms with Gasteiger partial charge in [-0.1, -0.05) is 17.7 Å². The first-order chi connectivity index (χ1) is 13.5. The zero-order valence-electron chi connectivity index (χ0n) is 15.7. The molecule has 0 aliphatic heterocycles. The van der Waals surface area contributed by atoms with Gasteiger partial charge in [-0.05, 0) is 54.6 Å². The molecule has 144 valence electrons. The lowest BCUT2D eigenvalue weighted by Gasteiger charge is -2.13. The Balaban J connectivity index is 1.57.